The van der Waals surface area contributed by atoms with Gasteiger partial charge in [0.1, 0.15) is 0 Å². The van der Waals surface area contributed by atoms with Gasteiger partial charge in [0.25, 0.3) is 0 Å². The highest BCUT2D eigenvalue weighted by molar-refractivity contribution is 5.81. The molecule has 2 unspecified atom stereocenters. The predicted octanol–water partition coefficient (Wildman–Crippen LogP) is 3.02. The van der Waals surface area contributed by atoms with Gasteiger partial charge in [-0.1, -0.05) is 41.5 Å². The molecule has 0 aromatic rings. The molecular weight excluding hydrogens is 276 g/mol. The Morgan fingerprint density at radius 2 is 1.00 bits per heavy atom. The van der Waals surface area contributed by atoms with Crippen LogP contribution in [0.4, 0.5) is 0 Å². The number of amides is 2. The van der Waals surface area contributed by atoms with Crippen molar-refractivity contribution in [2.75, 3.05) is 27.2 Å². The van der Waals surface area contributed by atoms with Gasteiger partial charge in [0.15, 0.2) is 0 Å². The summed E-state index contributed by atoms with van der Waals surface area (Å²) in [6.45, 7) is 14.7. The number of rotatable bonds is 0. The number of carbonyl (C=O) groups is 2. The van der Waals surface area contributed by atoms with E-state index >= 15 is 0 Å². The summed E-state index contributed by atoms with van der Waals surface area (Å²) in [5.41, 5.74) is 0.281. The van der Waals surface area contributed by atoms with E-state index in [9.17, 15) is 9.59 Å². The van der Waals surface area contributed by atoms with Gasteiger partial charge < -0.3 is 9.80 Å². The molecule has 4 heteroatoms. The Hall–Kier alpha value is -1.06. The molecule has 2 aliphatic heterocycles. The zero-order valence-corrected chi connectivity index (χ0v) is 15.7. The Balaban J connectivity index is 0.000000220. The molecule has 128 valence electrons. The van der Waals surface area contributed by atoms with Crippen LogP contribution in [-0.2, 0) is 9.59 Å². The molecule has 2 amide bonds. The molecule has 0 spiro atoms. The van der Waals surface area contributed by atoms with Crippen molar-refractivity contribution in [3.8, 4) is 0 Å². The van der Waals surface area contributed by atoms with Crippen LogP contribution in [0.5, 0.6) is 0 Å². The highest BCUT2D eigenvalue weighted by Crippen LogP contribution is 2.34. The number of hydrogen-bond donors (Lipinski definition) is 0. The molecule has 0 aromatic heterocycles. The standard InChI is InChI=1S/2C9H17NO/c2*1-9(2,3)7-5-6-10(4)8(7)11/h2*7H,5-6H2,1-4H3. The number of likely N-dealkylation sites (tertiary alicyclic amines) is 2. The van der Waals surface area contributed by atoms with Gasteiger partial charge in [-0.3, -0.25) is 9.59 Å². The van der Waals surface area contributed by atoms with Crippen LogP contribution in [-0.4, -0.2) is 48.8 Å². The molecular formula is C18H34N2O2. The monoisotopic (exact) mass is 310 g/mol. The quantitative estimate of drug-likeness (QED) is 0.690. The second-order valence-electron chi connectivity index (χ2n) is 8.93. The minimum atomic E-state index is 0.141. The lowest BCUT2D eigenvalue weighted by Gasteiger charge is -2.24. The molecule has 2 atom stereocenters. The smallest absolute Gasteiger partial charge is 0.226 e. The topological polar surface area (TPSA) is 40.6 Å². The molecule has 0 saturated carbocycles. The predicted molar refractivity (Wildman–Crippen MR) is 90.4 cm³/mol. The van der Waals surface area contributed by atoms with E-state index < -0.39 is 0 Å². The molecule has 2 rings (SSSR count). The number of nitrogens with zero attached hydrogens (tertiary/aromatic N) is 2. The molecule has 0 aliphatic carbocycles. The van der Waals surface area contributed by atoms with Crippen molar-refractivity contribution in [1.29, 1.82) is 0 Å². The van der Waals surface area contributed by atoms with Crippen LogP contribution in [0.1, 0.15) is 54.4 Å². The van der Waals surface area contributed by atoms with E-state index in [1.165, 1.54) is 0 Å². The Kier molecular flexibility index (Phi) is 5.69. The average molecular weight is 310 g/mol. The summed E-state index contributed by atoms with van der Waals surface area (Å²) in [5.74, 6) is 1.12. The maximum atomic E-state index is 11.5. The summed E-state index contributed by atoms with van der Waals surface area (Å²) < 4.78 is 0. The lowest BCUT2D eigenvalue weighted by Crippen LogP contribution is -2.30. The first-order valence-corrected chi connectivity index (χ1v) is 8.35. The van der Waals surface area contributed by atoms with Crippen LogP contribution in [0.15, 0.2) is 0 Å². The molecule has 22 heavy (non-hydrogen) atoms. The first kappa shape index (κ1) is 19.0. The summed E-state index contributed by atoms with van der Waals surface area (Å²) in [6.07, 6.45) is 2.05. The molecule has 0 aromatic carbocycles. The van der Waals surface area contributed by atoms with E-state index in [0.29, 0.717) is 11.8 Å². The molecule has 2 saturated heterocycles. The molecule has 4 nitrogen and oxygen atoms in total. The fourth-order valence-corrected chi connectivity index (χ4v) is 3.25. The first-order chi connectivity index (χ1) is 9.85. The van der Waals surface area contributed by atoms with E-state index in [2.05, 4.69) is 41.5 Å². The fraction of sp³-hybridized carbons (Fsp3) is 0.889. The Morgan fingerprint density at radius 3 is 1.09 bits per heavy atom. The zero-order chi connectivity index (χ0) is 17.3. The van der Waals surface area contributed by atoms with Gasteiger partial charge in [-0.05, 0) is 23.7 Å². The minimum absolute atomic E-state index is 0.141. The number of carbonyl (C=O) groups excluding carboxylic acids is 2. The summed E-state index contributed by atoms with van der Waals surface area (Å²) in [6, 6.07) is 0. The van der Waals surface area contributed by atoms with Crippen LogP contribution in [0.3, 0.4) is 0 Å². The van der Waals surface area contributed by atoms with E-state index in [1.54, 1.807) is 0 Å². The lowest BCUT2D eigenvalue weighted by atomic mass is 9.80. The maximum absolute atomic E-state index is 11.5. The SMILES string of the molecule is CN1CCC(C(C)(C)C)C1=O.CN1CCC(C(C)(C)C)C1=O. The summed E-state index contributed by atoms with van der Waals surface area (Å²) >= 11 is 0. The van der Waals surface area contributed by atoms with Crippen LogP contribution in [0, 0.1) is 22.7 Å². The Bertz CT molecular complexity index is 378. The van der Waals surface area contributed by atoms with Gasteiger partial charge in [0.05, 0.1) is 0 Å². The molecule has 2 aliphatic rings. The third-order valence-corrected chi connectivity index (χ3v) is 4.95. The average Bonchev–Trinajstić information content (AvgIpc) is 2.84. The largest absolute Gasteiger partial charge is 0.345 e. The lowest BCUT2D eigenvalue weighted by molar-refractivity contribution is -0.133. The third kappa shape index (κ3) is 4.47. The van der Waals surface area contributed by atoms with Crippen molar-refractivity contribution < 1.29 is 9.59 Å². The Labute approximate surface area is 136 Å². The molecule has 2 heterocycles. The summed E-state index contributed by atoms with van der Waals surface area (Å²) in [4.78, 5) is 26.6. The highest BCUT2D eigenvalue weighted by atomic mass is 16.2. The molecule has 2 fully saturated rings. The maximum Gasteiger partial charge on any atom is 0.226 e. The van der Waals surface area contributed by atoms with Crippen LogP contribution < -0.4 is 0 Å². The van der Waals surface area contributed by atoms with Crippen molar-refractivity contribution in [1.82, 2.24) is 9.80 Å². The van der Waals surface area contributed by atoms with E-state index in [0.717, 1.165) is 25.9 Å². The van der Waals surface area contributed by atoms with E-state index in [4.69, 9.17) is 0 Å². The molecule has 0 bridgehead atoms. The van der Waals surface area contributed by atoms with E-state index in [1.807, 2.05) is 23.9 Å². The van der Waals surface area contributed by atoms with Gasteiger partial charge in [0, 0.05) is 39.0 Å². The van der Waals surface area contributed by atoms with Crippen molar-refractivity contribution in [3.63, 3.8) is 0 Å². The van der Waals surface area contributed by atoms with Crippen molar-refractivity contribution in [2.45, 2.75) is 54.4 Å². The highest BCUT2D eigenvalue weighted by Gasteiger charge is 2.38. The molecule has 0 radical (unpaired) electrons. The van der Waals surface area contributed by atoms with Gasteiger partial charge >= 0.3 is 0 Å². The Morgan fingerprint density at radius 1 is 0.727 bits per heavy atom. The third-order valence-electron chi connectivity index (χ3n) is 4.95. The van der Waals surface area contributed by atoms with E-state index in [-0.39, 0.29) is 22.7 Å². The summed E-state index contributed by atoms with van der Waals surface area (Å²) in [5, 5.41) is 0. The van der Waals surface area contributed by atoms with Gasteiger partial charge in [-0.15, -0.1) is 0 Å². The van der Waals surface area contributed by atoms with Gasteiger partial charge in [0.2, 0.25) is 11.8 Å². The second-order valence-corrected chi connectivity index (χ2v) is 8.93. The van der Waals surface area contributed by atoms with Crippen molar-refractivity contribution in [2.24, 2.45) is 22.7 Å². The normalized spacial score (nSPS) is 26.4. The van der Waals surface area contributed by atoms with Crippen molar-refractivity contribution in [3.05, 3.63) is 0 Å². The van der Waals surface area contributed by atoms with Crippen LogP contribution in [0.2, 0.25) is 0 Å². The fourth-order valence-electron chi connectivity index (χ4n) is 3.25. The van der Waals surface area contributed by atoms with Crippen LogP contribution in [0.25, 0.3) is 0 Å². The first-order valence-electron chi connectivity index (χ1n) is 8.35. The van der Waals surface area contributed by atoms with Crippen LogP contribution >= 0.6 is 0 Å². The van der Waals surface area contributed by atoms with Gasteiger partial charge in [-0.2, -0.15) is 0 Å². The van der Waals surface area contributed by atoms with Crippen molar-refractivity contribution >= 4 is 11.8 Å². The summed E-state index contributed by atoms with van der Waals surface area (Å²) in [7, 11) is 3.77. The second kappa shape index (κ2) is 6.59. The van der Waals surface area contributed by atoms with Gasteiger partial charge in [-0.25, -0.2) is 0 Å². The zero-order valence-electron chi connectivity index (χ0n) is 15.7. The molecule has 0 N–H and O–H groups in total. The number of hydrogen-bond acceptors (Lipinski definition) is 2. The minimum Gasteiger partial charge on any atom is -0.345 e.